The van der Waals surface area contributed by atoms with Crippen LogP contribution in [0.2, 0.25) is 0 Å². The number of aldehydes is 1. The van der Waals surface area contributed by atoms with Crippen LogP contribution >= 0.6 is 0 Å². The second-order valence-corrected chi connectivity index (χ2v) is 4.66. The van der Waals surface area contributed by atoms with Gasteiger partial charge in [-0.05, 0) is 54.5 Å². The van der Waals surface area contributed by atoms with Crippen molar-refractivity contribution in [1.29, 1.82) is 0 Å². The Morgan fingerprint density at radius 2 is 1.17 bits per heavy atom. The van der Waals surface area contributed by atoms with Crippen LogP contribution in [0.5, 0.6) is 0 Å². The highest BCUT2D eigenvalue weighted by Crippen LogP contribution is 2.11. The smallest absolute Gasteiger partial charge is 0.193 e. The minimum absolute atomic E-state index is 0.588. The number of benzene rings is 2. The van der Waals surface area contributed by atoms with Gasteiger partial charge in [-0.1, -0.05) is 17.8 Å². The topological polar surface area (TPSA) is 20.3 Å². The average molecular weight is 301 g/mol. The third-order valence-corrected chi connectivity index (χ3v) is 2.90. The van der Waals surface area contributed by atoms with E-state index < -0.39 is 0 Å². The predicted molar refractivity (Wildman–Crippen MR) is 97.4 cm³/mol. The van der Waals surface area contributed by atoms with Gasteiger partial charge in [0.15, 0.2) is 6.29 Å². The molecule has 0 aliphatic carbocycles. The number of carbonyl (C=O) groups excluding carboxylic acids is 1. The van der Waals surface area contributed by atoms with Gasteiger partial charge >= 0.3 is 0 Å². The summed E-state index contributed by atoms with van der Waals surface area (Å²) in [7, 11) is 4.02. The largest absolute Gasteiger partial charge is 0.378 e. The normalized spacial score (nSPS) is 8.26. The fourth-order valence-corrected chi connectivity index (χ4v) is 1.74. The van der Waals surface area contributed by atoms with E-state index in [-0.39, 0.29) is 0 Å². The van der Waals surface area contributed by atoms with Crippen molar-refractivity contribution in [3.05, 3.63) is 78.4 Å². The van der Waals surface area contributed by atoms with E-state index in [0.717, 1.165) is 22.4 Å². The van der Waals surface area contributed by atoms with Gasteiger partial charge in [-0.2, -0.15) is 0 Å². The molecule has 0 saturated carbocycles. The van der Waals surface area contributed by atoms with Crippen LogP contribution < -0.4 is 4.90 Å². The molecule has 0 N–H and O–H groups in total. The second-order valence-electron chi connectivity index (χ2n) is 4.66. The number of hydrogen-bond acceptors (Lipinski definition) is 2. The molecule has 2 nitrogen and oxygen atoms in total. The minimum Gasteiger partial charge on any atom is -0.378 e. The molecule has 0 aromatic heterocycles. The fraction of sp³-hybridized carbons (Fsp3) is 0.0952. The Hall–Kier alpha value is -3.23. The highest BCUT2D eigenvalue weighted by Gasteiger charge is 1.93. The number of rotatable bonds is 1. The molecule has 0 amide bonds. The molecule has 2 aromatic carbocycles. The Kier molecular flexibility index (Phi) is 7.48. The van der Waals surface area contributed by atoms with E-state index in [1.54, 1.807) is 0 Å². The molecule has 0 radical (unpaired) electrons. The van der Waals surface area contributed by atoms with Crippen molar-refractivity contribution in [2.75, 3.05) is 19.0 Å². The summed E-state index contributed by atoms with van der Waals surface area (Å²) in [6, 6.07) is 15.6. The van der Waals surface area contributed by atoms with Gasteiger partial charge in [0.25, 0.3) is 0 Å². The van der Waals surface area contributed by atoms with Gasteiger partial charge in [-0.25, -0.2) is 0 Å². The third kappa shape index (κ3) is 5.96. The van der Waals surface area contributed by atoms with Gasteiger partial charge in [-0.3, -0.25) is 4.79 Å². The van der Waals surface area contributed by atoms with E-state index in [1.807, 2.05) is 62.6 Å². The molecule has 0 heterocycles. The Morgan fingerprint density at radius 3 is 1.57 bits per heavy atom. The van der Waals surface area contributed by atoms with E-state index >= 15 is 0 Å². The highest BCUT2D eigenvalue weighted by atomic mass is 16.1. The van der Waals surface area contributed by atoms with Crippen LogP contribution in [0.4, 0.5) is 5.69 Å². The zero-order valence-electron chi connectivity index (χ0n) is 13.5. The fourth-order valence-electron chi connectivity index (χ4n) is 1.74. The van der Waals surface area contributed by atoms with Gasteiger partial charge < -0.3 is 4.90 Å². The summed E-state index contributed by atoms with van der Waals surface area (Å²) >= 11 is 0. The zero-order chi connectivity index (χ0) is 17.1. The van der Waals surface area contributed by atoms with Crippen LogP contribution in [0.1, 0.15) is 16.7 Å². The SMILES string of the molecule is C=C.CN(C)c1ccc(C#Cc2ccc(C#CC=O)cc2)cc1. The summed E-state index contributed by atoms with van der Waals surface area (Å²) in [6.07, 6.45) is 0.588. The maximum Gasteiger partial charge on any atom is 0.193 e. The van der Waals surface area contributed by atoms with Crippen LogP contribution in [0.25, 0.3) is 0 Å². The van der Waals surface area contributed by atoms with Gasteiger partial charge in [0, 0.05) is 36.5 Å². The third-order valence-electron chi connectivity index (χ3n) is 2.90. The van der Waals surface area contributed by atoms with Crippen LogP contribution in [0, 0.1) is 23.7 Å². The summed E-state index contributed by atoms with van der Waals surface area (Å²) in [5.41, 5.74) is 3.86. The van der Waals surface area contributed by atoms with Crippen molar-refractivity contribution in [2.24, 2.45) is 0 Å². The predicted octanol–water partition coefficient (Wildman–Crippen LogP) is 3.51. The summed E-state index contributed by atoms with van der Waals surface area (Å²) in [5.74, 6) is 11.4. The lowest BCUT2D eigenvalue weighted by atomic mass is 10.1. The highest BCUT2D eigenvalue weighted by molar-refractivity contribution is 5.74. The number of carbonyl (C=O) groups is 1. The van der Waals surface area contributed by atoms with Crippen LogP contribution in [0.15, 0.2) is 61.7 Å². The molecule has 0 fully saturated rings. The van der Waals surface area contributed by atoms with Crippen molar-refractivity contribution >= 4 is 12.0 Å². The molecule has 0 atom stereocenters. The molecular weight excluding hydrogens is 282 g/mol. The van der Waals surface area contributed by atoms with Crippen molar-refractivity contribution in [3.63, 3.8) is 0 Å². The van der Waals surface area contributed by atoms with E-state index in [1.165, 1.54) is 0 Å². The Labute approximate surface area is 138 Å². The van der Waals surface area contributed by atoms with Crippen molar-refractivity contribution in [3.8, 4) is 23.7 Å². The summed E-state index contributed by atoms with van der Waals surface area (Å²) in [4.78, 5) is 12.2. The van der Waals surface area contributed by atoms with Crippen LogP contribution in [-0.2, 0) is 4.79 Å². The molecule has 114 valence electrons. The molecule has 0 aliphatic heterocycles. The molecule has 0 bridgehead atoms. The Morgan fingerprint density at radius 1 is 0.783 bits per heavy atom. The summed E-state index contributed by atoms with van der Waals surface area (Å²) in [6.45, 7) is 6.00. The molecular formula is C21H19NO. The maximum absolute atomic E-state index is 10.2. The van der Waals surface area contributed by atoms with Crippen LogP contribution in [-0.4, -0.2) is 20.4 Å². The first-order valence-electron chi connectivity index (χ1n) is 7.04. The van der Waals surface area contributed by atoms with E-state index in [2.05, 4.69) is 41.7 Å². The first-order valence-corrected chi connectivity index (χ1v) is 7.04. The maximum atomic E-state index is 10.2. The van der Waals surface area contributed by atoms with Crippen molar-refractivity contribution in [2.45, 2.75) is 0 Å². The molecule has 2 aromatic rings. The minimum atomic E-state index is 0.588. The van der Waals surface area contributed by atoms with Gasteiger partial charge in [-0.15, -0.1) is 13.2 Å². The van der Waals surface area contributed by atoms with Crippen molar-refractivity contribution in [1.82, 2.24) is 0 Å². The quantitative estimate of drug-likeness (QED) is 0.456. The Bertz CT molecular complexity index is 748. The molecule has 2 rings (SSSR count). The van der Waals surface area contributed by atoms with Gasteiger partial charge in [0.1, 0.15) is 0 Å². The second kappa shape index (κ2) is 9.66. The molecule has 0 saturated heterocycles. The number of hydrogen-bond donors (Lipinski definition) is 0. The Balaban J connectivity index is 0.00000127. The average Bonchev–Trinajstić information content (AvgIpc) is 2.61. The molecule has 0 spiro atoms. The van der Waals surface area contributed by atoms with Gasteiger partial charge in [0.2, 0.25) is 0 Å². The molecule has 0 unspecified atom stereocenters. The van der Waals surface area contributed by atoms with E-state index in [4.69, 9.17) is 0 Å². The standard InChI is InChI=1S/C19H15NO.C2H4/c1-20(2)19-13-11-18(12-14-19)10-9-17-7-5-16(6-8-17)4-3-15-21;1-2/h5-8,11-15H,1-2H3;1-2H2. The monoisotopic (exact) mass is 301 g/mol. The molecule has 2 heteroatoms. The summed E-state index contributed by atoms with van der Waals surface area (Å²) in [5, 5.41) is 0. The number of anilines is 1. The lowest BCUT2D eigenvalue weighted by molar-refractivity contribution is -0.103. The first kappa shape index (κ1) is 17.8. The van der Waals surface area contributed by atoms with E-state index in [9.17, 15) is 4.79 Å². The number of nitrogens with zero attached hydrogens (tertiary/aromatic N) is 1. The summed E-state index contributed by atoms with van der Waals surface area (Å²) < 4.78 is 0. The molecule has 0 aliphatic rings. The van der Waals surface area contributed by atoms with Crippen molar-refractivity contribution < 1.29 is 4.79 Å². The van der Waals surface area contributed by atoms with E-state index in [0.29, 0.717) is 6.29 Å². The first-order chi connectivity index (χ1) is 11.2. The zero-order valence-corrected chi connectivity index (χ0v) is 13.5. The lowest BCUT2D eigenvalue weighted by Gasteiger charge is -2.11. The van der Waals surface area contributed by atoms with Gasteiger partial charge in [0.05, 0.1) is 0 Å². The lowest BCUT2D eigenvalue weighted by Crippen LogP contribution is -2.07. The van der Waals surface area contributed by atoms with Crippen LogP contribution in [0.3, 0.4) is 0 Å². The molecule has 23 heavy (non-hydrogen) atoms.